The minimum absolute atomic E-state index is 0. The van der Waals surface area contributed by atoms with Crippen LogP contribution in [0.1, 0.15) is 26.2 Å². The van der Waals surface area contributed by atoms with Gasteiger partial charge in [0.05, 0.1) is 6.54 Å². The molecule has 1 fully saturated rings. The molecule has 26 heavy (non-hydrogen) atoms. The fourth-order valence-corrected chi connectivity index (χ4v) is 3.40. The number of hydrogen-bond donors (Lipinski definition) is 2. The summed E-state index contributed by atoms with van der Waals surface area (Å²) in [6.45, 7) is 6.69. The zero-order chi connectivity index (χ0) is 17.5. The van der Waals surface area contributed by atoms with E-state index in [1.54, 1.807) is 7.05 Å². The Balaban J connectivity index is 0.00000243. The van der Waals surface area contributed by atoms with Gasteiger partial charge in [-0.1, -0.05) is 18.6 Å². The third-order valence-electron chi connectivity index (χ3n) is 4.92. The molecule has 2 aliphatic heterocycles. The Kier molecular flexibility index (Phi) is 8.77. The Bertz CT molecular complexity index is 584. The second kappa shape index (κ2) is 10.8. The van der Waals surface area contributed by atoms with Crippen LogP contribution >= 0.6 is 24.0 Å². The van der Waals surface area contributed by atoms with Crippen molar-refractivity contribution in [2.45, 2.75) is 38.3 Å². The molecule has 0 aliphatic carbocycles. The summed E-state index contributed by atoms with van der Waals surface area (Å²) in [7, 11) is 1.80. The number of benzene rings is 1. The maximum atomic E-state index is 5.96. The first-order valence-corrected chi connectivity index (χ1v) is 9.33. The highest BCUT2D eigenvalue weighted by Crippen LogP contribution is 2.30. The van der Waals surface area contributed by atoms with Crippen molar-refractivity contribution in [2.24, 2.45) is 4.99 Å². The van der Waals surface area contributed by atoms with E-state index in [1.807, 2.05) is 24.3 Å². The van der Waals surface area contributed by atoms with Crippen LogP contribution in [0.4, 0.5) is 0 Å². The van der Waals surface area contributed by atoms with Crippen molar-refractivity contribution in [3.63, 3.8) is 0 Å². The highest BCUT2D eigenvalue weighted by Gasteiger charge is 2.21. The third-order valence-corrected chi connectivity index (χ3v) is 4.92. The molecule has 0 spiro atoms. The average molecular weight is 474 g/mol. The highest BCUT2D eigenvalue weighted by atomic mass is 127. The zero-order valence-electron chi connectivity index (χ0n) is 15.7. The van der Waals surface area contributed by atoms with Crippen LogP contribution in [-0.4, -0.2) is 62.8 Å². The van der Waals surface area contributed by atoms with Crippen LogP contribution in [0.3, 0.4) is 0 Å². The van der Waals surface area contributed by atoms with Crippen molar-refractivity contribution >= 4 is 29.9 Å². The number of nitrogens with zero attached hydrogens (tertiary/aromatic N) is 2. The number of halogens is 1. The monoisotopic (exact) mass is 474 g/mol. The first-order valence-electron chi connectivity index (χ1n) is 9.33. The molecule has 2 heterocycles. The Morgan fingerprint density at radius 1 is 1.23 bits per heavy atom. The summed E-state index contributed by atoms with van der Waals surface area (Å²) in [4.78, 5) is 6.85. The van der Waals surface area contributed by atoms with E-state index in [4.69, 9.17) is 9.47 Å². The fraction of sp³-hybridized carbons (Fsp3) is 0.632. The number of hydrogen-bond acceptors (Lipinski definition) is 4. The van der Waals surface area contributed by atoms with Crippen LogP contribution < -0.4 is 20.1 Å². The summed E-state index contributed by atoms with van der Waals surface area (Å²) >= 11 is 0. The number of piperidine rings is 1. The summed E-state index contributed by atoms with van der Waals surface area (Å²) in [5.41, 5.74) is 0. The maximum Gasteiger partial charge on any atom is 0.191 e. The summed E-state index contributed by atoms with van der Waals surface area (Å²) in [6.07, 6.45) is 3.97. The van der Waals surface area contributed by atoms with E-state index in [0.29, 0.717) is 19.2 Å². The molecule has 1 saturated heterocycles. The van der Waals surface area contributed by atoms with E-state index >= 15 is 0 Å². The summed E-state index contributed by atoms with van der Waals surface area (Å²) in [5, 5.41) is 6.73. The maximum absolute atomic E-state index is 5.96. The molecule has 3 rings (SSSR count). The molecule has 2 aliphatic rings. The molecule has 146 valence electrons. The van der Waals surface area contributed by atoms with E-state index in [0.717, 1.165) is 30.5 Å². The predicted octanol–water partition coefficient (Wildman–Crippen LogP) is 2.48. The van der Waals surface area contributed by atoms with E-state index in [2.05, 4.69) is 27.4 Å². The van der Waals surface area contributed by atoms with Crippen molar-refractivity contribution in [3.05, 3.63) is 24.3 Å². The van der Waals surface area contributed by atoms with Crippen LogP contribution in [0.25, 0.3) is 0 Å². The first-order chi connectivity index (χ1) is 12.3. The normalized spacial score (nSPS) is 23.1. The van der Waals surface area contributed by atoms with Gasteiger partial charge in [-0.15, -0.1) is 24.0 Å². The van der Waals surface area contributed by atoms with Gasteiger partial charge >= 0.3 is 0 Å². The van der Waals surface area contributed by atoms with E-state index in [1.165, 1.54) is 25.8 Å². The SMILES string of the molecule is CN=C(NCCN1CCCCC1C)NCC1COc2ccccc2O1.I. The van der Waals surface area contributed by atoms with Crippen molar-refractivity contribution in [3.8, 4) is 11.5 Å². The number of para-hydroxylation sites is 2. The minimum atomic E-state index is -0.0180. The lowest BCUT2D eigenvalue weighted by Gasteiger charge is -2.33. The van der Waals surface area contributed by atoms with Gasteiger partial charge in [-0.2, -0.15) is 0 Å². The largest absolute Gasteiger partial charge is 0.486 e. The molecule has 2 N–H and O–H groups in total. The number of nitrogens with one attached hydrogen (secondary N) is 2. The van der Waals surface area contributed by atoms with Crippen molar-refractivity contribution in [1.82, 2.24) is 15.5 Å². The molecule has 0 bridgehead atoms. The van der Waals surface area contributed by atoms with Crippen LogP contribution in [0.15, 0.2) is 29.3 Å². The number of aliphatic imine (C=N–C) groups is 1. The summed E-state index contributed by atoms with van der Waals surface area (Å²) in [6, 6.07) is 8.48. The number of rotatable bonds is 5. The number of likely N-dealkylation sites (tertiary alicyclic amines) is 1. The Hall–Kier alpha value is -1.22. The van der Waals surface area contributed by atoms with E-state index in [-0.39, 0.29) is 30.1 Å². The van der Waals surface area contributed by atoms with Gasteiger partial charge in [0.2, 0.25) is 0 Å². The van der Waals surface area contributed by atoms with Gasteiger partial charge in [0.25, 0.3) is 0 Å². The molecule has 0 aromatic heterocycles. The second-order valence-corrected chi connectivity index (χ2v) is 6.76. The van der Waals surface area contributed by atoms with Crippen LogP contribution in [0.5, 0.6) is 11.5 Å². The molecule has 2 unspecified atom stereocenters. The van der Waals surface area contributed by atoms with E-state index < -0.39 is 0 Å². The van der Waals surface area contributed by atoms with E-state index in [9.17, 15) is 0 Å². The van der Waals surface area contributed by atoms with Gasteiger partial charge in [0, 0.05) is 26.2 Å². The van der Waals surface area contributed by atoms with Crippen molar-refractivity contribution < 1.29 is 9.47 Å². The smallest absolute Gasteiger partial charge is 0.191 e. The zero-order valence-corrected chi connectivity index (χ0v) is 18.1. The van der Waals surface area contributed by atoms with Gasteiger partial charge in [0.15, 0.2) is 17.5 Å². The molecule has 6 nitrogen and oxygen atoms in total. The summed E-state index contributed by atoms with van der Waals surface area (Å²) in [5.74, 6) is 2.44. The fourth-order valence-electron chi connectivity index (χ4n) is 3.40. The van der Waals surface area contributed by atoms with Crippen molar-refractivity contribution in [1.29, 1.82) is 0 Å². The van der Waals surface area contributed by atoms with Gasteiger partial charge in [-0.3, -0.25) is 9.89 Å². The quantitative estimate of drug-likeness (QED) is 0.390. The van der Waals surface area contributed by atoms with Gasteiger partial charge in [-0.05, 0) is 38.4 Å². The van der Waals surface area contributed by atoms with Gasteiger partial charge in [0.1, 0.15) is 12.7 Å². The van der Waals surface area contributed by atoms with Crippen LogP contribution in [-0.2, 0) is 0 Å². The third kappa shape index (κ3) is 5.90. The predicted molar refractivity (Wildman–Crippen MR) is 116 cm³/mol. The Morgan fingerprint density at radius 2 is 2.04 bits per heavy atom. The van der Waals surface area contributed by atoms with Crippen LogP contribution in [0, 0.1) is 0 Å². The molecule has 2 atom stereocenters. The molecule has 1 aromatic carbocycles. The highest BCUT2D eigenvalue weighted by molar-refractivity contribution is 14.0. The molecule has 0 amide bonds. The molecule has 0 radical (unpaired) electrons. The van der Waals surface area contributed by atoms with Crippen molar-refractivity contribution in [2.75, 3.05) is 39.8 Å². The lowest BCUT2D eigenvalue weighted by molar-refractivity contribution is 0.0936. The topological polar surface area (TPSA) is 58.1 Å². The second-order valence-electron chi connectivity index (χ2n) is 6.76. The summed E-state index contributed by atoms with van der Waals surface area (Å²) < 4.78 is 11.7. The molecular formula is C19H31IN4O2. The number of ether oxygens (including phenoxy) is 2. The molecule has 7 heteroatoms. The molecule has 1 aromatic rings. The molecular weight excluding hydrogens is 443 g/mol. The van der Waals surface area contributed by atoms with Gasteiger partial charge in [-0.25, -0.2) is 0 Å². The number of guanidine groups is 1. The standard InChI is InChI=1S/C19H30N4O2.HI/c1-15-7-5-6-11-23(15)12-10-21-19(20-2)22-13-16-14-24-17-8-3-4-9-18(17)25-16;/h3-4,8-9,15-16H,5-7,10-14H2,1-2H3,(H2,20,21,22);1H. The van der Waals surface area contributed by atoms with Gasteiger partial charge < -0.3 is 20.1 Å². The lowest BCUT2D eigenvalue weighted by Crippen LogP contribution is -2.48. The average Bonchev–Trinajstić information content (AvgIpc) is 2.65. The number of fused-ring (bicyclic) bond motifs is 1. The first kappa shape index (κ1) is 21.1. The van der Waals surface area contributed by atoms with Crippen LogP contribution in [0.2, 0.25) is 0 Å². The Labute approximate surface area is 173 Å². The minimum Gasteiger partial charge on any atom is -0.486 e. The molecule has 0 saturated carbocycles. The Morgan fingerprint density at radius 3 is 2.81 bits per heavy atom. The lowest BCUT2D eigenvalue weighted by atomic mass is 10.0.